The third-order valence-electron chi connectivity index (χ3n) is 7.93. The molecule has 2 atom stereocenters. The van der Waals surface area contributed by atoms with Crippen LogP contribution in [0.25, 0.3) is 0 Å². The van der Waals surface area contributed by atoms with Gasteiger partial charge in [-0.2, -0.15) is 0 Å². The van der Waals surface area contributed by atoms with Gasteiger partial charge in [0.2, 0.25) is 5.88 Å². The lowest BCUT2D eigenvalue weighted by atomic mass is 9.72. The first-order valence-corrected chi connectivity index (χ1v) is 13.5. The highest BCUT2D eigenvalue weighted by molar-refractivity contribution is 6.30. The molecule has 1 N–H and O–H groups in total. The van der Waals surface area contributed by atoms with Crippen LogP contribution in [0.5, 0.6) is 11.6 Å². The number of hydrogen-bond acceptors (Lipinski definition) is 8. The summed E-state index contributed by atoms with van der Waals surface area (Å²) >= 11 is 6.15. The standard InChI is InChI=1S/C29H31ClFN5O4/c1-35(28(38)40-23-9-7-22(31)8-10-23)29(18-32-17-24(29)19-3-5-21(30)6-4-19)27(37)20-13-15-36(16-14-20)25-11-12-26(39-2)34-33-25/h3-12,20,24,32H,13-18H2,1-2H3/t24-,29+/m0/s1. The van der Waals surface area contributed by atoms with Crippen LogP contribution in [-0.2, 0) is 4.79 Å². The van der Waals surface area contributed by atoms with Gasteiger partial charge in [0, 0.05) is 56.2 Å². The van der Waals surface area contributed by atoms with Gasteiger partial charge < -0.3 is 19.7 Å². The second-order valence-electron chi connectivity index (χ2n) is 10.1. The summed E-state index contributed by atoms with van der Waals surface area (Å²) < 4.78 is 24.1. The van der Waals surface area contributed by atoms with Gasteiger partial charge in [-0.25, -0.2) is 9.18 Å². The molecule has 3 heterocycles. The summed E-state index contributed by atoms with van der Waals surface area (Å²) in [6.07, 6.45) is 0.513. The second kappa shape index (κ2) is 11.8. The molecular formula is C29H31ClFN5O4. The Morgan fingerprint density at radius 1 is 1.05 bits per heavy atom. The summed E-state index contributed by atoms with van der Waals surface area (Å²) in [6, 6.07) is 16.2. The van der Waals surface area contributed by atoms with E-state index in [-0.39, 0.29) is 29.9 Å². The maximum Gasteiger partial charge on any atom is 0.415 e. The molecular weight excluding hydrogens is 537 g/mol. The molecule has 2 aliphatic heterocycles. The molecule has 9 nitrogen and oxygen atoms in total. The Hall–Kier alpha value is -3.76. The summed E-state index contributed by atoms with van der Waals surface area (Å²) in [5.41, 5.74) is -0.298. The van der Waals surface area contributed by atoms with E-state index in [1.54, 1.807) is 25.2 Å². The number of piperidine rings is 1. The number of benzene rings is 2. The van der Waals surface area contributed by atoms with Crippen molar-refractivity contribution in [3.05, 3.63) is 77.1 Å². The lowest BCUT2D eigenvalue weighted by molar-refractivity contribution is -0.134. The molecule has 0 radical (unpaired) electrons. The molecule has 2 aromatic carbocycles. The zero-order valence-electron chi connectivity index (χ0n) is 22.3. The minimum absolute atomic E-state index is 0.0172. The van der Waals surface area contributed by atoms with Gasteiger partial charge in [-0.3, -0.25) is 9.69 Å². The summed E-state index contributed by atoms with van der Waals surface area (Å²) in [6.45, 7) is 2.02. The Morgan fingerprint density at radius 3 is 2.38 bits per heavy atom. The number of rotatable bonds is 7. The van der Waals surface area contributed by atoms with Gasteiger partial charge in [-0.1, -0.05) is 23.7 Å². The van der Waals surface area contributed by atoms with Gasteiger partial charge in [0.05, 0.1) is 7.11 Å². The molecule has 0 aliphatic carbocycles. The van der Waals surface area contributed by atoms with Gasteiger partial charge in [0.1, 0.15) is 17.1 Å². The zero-order chi connectivity index (χ0) is 28.3. The predicted molar refractivity (Wildman–Crippen MR) is 149 cm³/mol. The smallest absolute Gasteiger partial charge is 0.415 e. The fraction of sp³-hybridized carbons (Fsp3) is 0.379. The van der Waals surface area contributed by atoms with Crippen molar-refractivity contribution in [3.8, 4) is 11.6 Å². The largest absolute Gasteiger partial charge is 0.480 e. The van der Waals surface area contributed by atoms with Gasteiger partial charge in [0.25, 0.3) is 0 Å². The molecule has 0 spiro atoms. The third-order valence-corrected chi connectivity index (χ3v) is 8.19. The van der Waals surface area contributed by atoms with Gasteiger partial charge in [-0.05, 0) is 60.9 Å². The number of hydrogen-bond donors (Lipinski definition) is 1. The molecule has 1 amide bonds. The molecule has 5 rings (SSSR count). The first kappa shape index (κ1) is 27.8. The number of nitrogens with one attached hydrogen (secondary N) is 1. The third kappa shape index (κ3) is 5.46. The minimum atomic E-state index is -1.20. The lowest BCUT2D eigenvalue weighted by Gasteiger charge is -2.44. The van der Waals surface area contributed by atoms with Crippen molar-refractivity contribution in [3.63, 3.8) is 0 Å². The van der Waals surface area contributed by atoms with Crippen molar-refractivity contribution in [2.24, 2.45) is 5.92 Å². The molecule has 0 saturated carbocycles. The Labute approximate surface area is 237 Å². The molecule has 2 aliphatic rings. The maximum absolute atomic E-state index is 14.5. The van der Waals surface area contributed by atoms with Gasteiger partial charge in [-0.15, -0.1) is 10.2 Å². The summed E-state index contributed by atoms with van der Waals surface area (Å²) in [5.74, 6) is 0.304. The number of anilines is 1. The molecule has 11 heteroatoms. The van der Waals surface area contributed by atoms with Crippen molar-refractivity contribution in [2.75, 3.05) is 45.2 Å². The van der Waals surface area contributed by atoms with E-state index in [0.29, 0.717) is 43.4 Å². The monoisotopic (exact) mass is 567 g/mol. The Kier molecular flexibility index (Phi) is 8.18. The van der Waals surface area contributed by atoms with Crippen LogP contribution < -0.4 is 19.7 Å². The number of ether oxygens (including phenoxy) is 2. The van der Waals surface area contributed by atoms with Crippen molar-refractivity contribution in [1.82, 2.24) is 20.4 Å². The first-order chi connectivity index (χ1) is 19.3. The van der Waals surface area contributed by atoms with E-state index < -0.39 is 17.4 Å². The lowest BCUT2D eigenvalue weighted by Crippen LogP contribution is -2.62. The average molecular weight is 568 g/mol. The zero-order valence-corrected chi connectivity index (χ0v) is 23.1. The Morgan fingerprint density at radius 2 is 1.75 bits per heavy atom. The number of nitrogens with zero attached hydrogens (tertiary/aromatic N) is 4. The molecule has 3 aromatic rings. The van der Waals surface area contributed by atoms with Crippen molar-refractivity contribution in [1.29, 1.82) is 0 Å². The fourth-order valence-corrected chi connectivity index (χ4v) is 5.84. The van der Waals surface area contributed by atoms with Gasteiger partial charge >= 0.3 is 6.09 Å². The van der Waals surface area contributed by atoms with Gasteiger partial charge in [0.15, 0.2) is 11.6 Å². The number of carbonyl (C=O) groups is 2. The van der Waals surface area contributed by atoms with E-state index in [9.17, 15) is 14.0 Å². The maximum atomic E-state index is 14.5. The summed E-state index contributed by atoms with van der Waals surface area (Å²) in [4.78, 5) is 31.5. The summed E-state index contributed by atoms with van der Waals surface area (Å²) in [7, 11) is 3.14. The van der Waals surface area contributed by atoms with Crippen molar-refractivity contribution < 1.29 is 23.5 Å². The van der Waals surface area contributed by atoms with E-state index in [0.717, 1.165) is 11.4 Å². The number of likely N-dealkylation sites (N-methyl/N-ethyl adjacent to an activating group) is 1. The van der Waals surface area contributed by atoms with E-state index in [1.165, 1.54) is 36.3 Å². The molecule has 2 saturated heterocycles. The van der Waals surface area contributed by atoms with Crippen LogP contribution in [0.15, 0.2) is 60.7 Å². The number of halogens is 2. The molecule has 2 fully saturated rings. The number of carbonyl (C=O) groups excluding carboxylic acids is 2. The molecule has 0 bridgehead atoms. The minimum Gasteiger partial charge on any atom is -0.480 e. The highest BCUT2D eigenvalue weighted by Gasteiger charge is 2.56. The van der Waals surface area contributed by atoms with E-state index in [4.69, 9.17) is 21.1 Å². The average Bonchev–Trinajstić information content (AvgIpc) is 3.44. The molecule has 0 unspecified atom stereocenters. The quantitative estimate of drug-likeness (QED) is 0.451. The fourth-order valence-electron chi connectivity index (χ4n) is 5.71. The number of ketones is 1. The van der Waals surface area contributed by atoms with Crippen LogP contribution in [0.3, 0.4) is 0 Å². The normalized spacial score (nSPS) is 21.2. The molecule has 210 valence electrons. The predicted octanol–water partition coefficient (Wildman–Crippen LogP) is 4.32. The number of aromatic nitrogens is 2. The van der Waals surface area contributed by atoms with Crippen LogP contribution in [0.2, 0.25) is 5.02 Å². The van der Waals surface area contributed by atoms with Crippen molar-refractivity contribution >= 4 is 29.3 Å². The second-order valence-corrected chi connectivity index (χ2v) is 10.5. The number of methoxy groups -OCH3 is 1. The Balaban J connectivity index is 1.40. The van der Waals surface area contributed by atoms with Crippen LogP contribution in [0, 0.1) is 11.7 Å². The van der Waals surface area contributed by atoms with E-state index in [2.05, 4.69) is 20.4 Å². The van der Waals surface area contributed by atoms with Crippen LogP contribution in [0.1, 0.15) is 24.3 Å². The SMILES string of the molecule is COc1ccc(N2CCC(C(=O)[C@@]3(N(C)C(=O)Oc4ccc(F)cc4)CNC[C@H]3c3ccc(Cl)cc3)CC2)nn1. The molecule has 40 heavy (non-hydrogen) atoms. The highest BCUT2D eigenvalue weighted by atomic mass is 35.5. The number of amides is 1. The van der Waals surface area contributed by atoms with Crippen LogP contribution in [-0.4, -0.2) is 72.8 Å². The highest BCUT2D eigenvalue weighted by Crippen LogP contribution is 2.41. The van der Waals surface area contributed by atoms with Crippen LogP contribution >= 0.6 is 11.6 Å². The van der Waals surface area contributed by atoms with E-state index in [1.807, 2.05) is 18.2 Å². The summed E-state index contributed by atoms with van der Waals surface area (Å²) in [5, 5.41) is 12.2. The topological polar surface area (TPSA) is 96.9 Å². The first-order valence-electron chi connectivity index (χ1n) is 13.2. The van der Waals surface area contributed by atoms with E-state index >= 15 is 0 Å². The van der Waals surface area contributed by atoms with Crippen LogP contribution in [0.4, 0.5) is 15.0 Å². The molecule has 1 aromatic heterocycles. The number of Topliss-reactive ketones (excluding diaryl/α,β-unsaturated/α-hetero) is 1. The Bertz CT molecular complexity index is 1330. The van der Waals surface area contributed by atoms with Crippen molar-refractivity contribution in [2.45, 2.75) is 24.3 Å².